The molecular weight excluding hydrogens is 278 g/mol. The highest BCUT2D eigenvalue weighted by Gasteiger charge is 2.18. The Morgan fingerprint density at radius 2 is 2.20 bits per heavy atom. The maximum Gasteiger partial charge on any atom is 0.275 e. The average Bonchev–Trinajstić information content (AvgIpc) is 3.10. The first-order valence-electron chi connectivity index (χ1n) is 6.08. The van der Waals surface area contributed by atoms with Gasteiger partial charge in [-0.2, -0.15) is 0 Å². The van der Waals surface area contributed by atoms with Gasteiger partial charge in [0.2, 0.25) is 0 Å². The molecule has 1 aromatic heterocycles. The van der Waals surface area contributed by atoms with Crippen LogP contribution in [0.5, 0.6) is 0 Å². The largest absolute Gasteiger partial charge is 0.375 e. The van der Waals surface area contributed by atoms with Gasteiger partial charge in [0, 0.05) is 16.6 Å². The summed E-state index contributed by atoms with van der Waals surface area (Å²) in [6, 6.07) is 7.35. The minimum Gasteiger partial charge on any atom is -0.375 e. The maximum atomic E-state index is 12.0. The van der Waals surface area contributed by atoms with Gasteiger partial charge in [-0.1, -0.05) is 12.1 Å². The second-order valence-electron chi connectivity index (χ2n) is 4.22. The lowest BCUT2D eigenvalue weighted by Crippen LogP contribution is -2.12. The lowest BCUT2D eigenvalue weighted by molar-refractivity contribution is -0.0440. The van der Waals surface area contributed by atoms with E-state index >= 15 is 0 Å². The molecule has 20 heavy (non-hydrogen) atoms. The average molecular weight is 291 g/mol. The number of anilines is 2. The van der Waals surface area contributed by atoms with Crippen LogP contribution in [0.25, 0.3) is 0 Å². The number of rotatable bonds is 3. The number of thiazole rings is 1. The number of carbonyl (C=O) groups is 1. The molecule has 0 atom stereocenters. The van der Waals surface area contributed by atoms with E-state index in [2.05, 4.69) is 10.3 Å². The summed E-state index contributed by atoms with van der Waals surface area (Å²) in [5, 5.41) is 4.77. The first-order valence-corrected chi connectivity index (χ1v) is 6.96. The maximum absolute atomic E-state index is 12.0. The van der Waals surface area contributed by atoms with Gasteiger partial charge in [-0.15, -0.1) is 11.3 Å². The van der Waals surface area contributed by atoms with Crippen molar-refractivity contribution in [3.63, 3.8) is 0 Å². The van der Waals surface area contributed by atoms with E-state index in [1.807, 2.05) is 18.2 Å². The number of benzene rings is 1. The molecule has 0 spiro atoms. The zero-order valence-corrected chi connectivity index (χ0v) is 11.4. The first-order chi connectivity index (χ1) is 9.72. The second kappa shape index (κ2) is 5.58. The lowest BCUT2D eigenvalue weighted by atomic mass is 10.2. The molecule has 2 heterocycles. The Kier molecular flexibility index (Phi) is 3.64. The number of carbonyl (C=O) groups excluding carboxylic acids is 1. The summed E-state index contributed by atoms with van der Waals surface area (Å²) in [4.78, 5) is 15.9. The second-order valence-corrected chi connectivity index (χ2v) is 5.11. The fourth-order valence-electron chi connectivity index (χ4n) is 1.90. The molecule has 104 valence electrons. The number of nitrogens with one attached hydrogen (secondary N) is 1. The molecule has 2 aromatic rings. The molecule has 6 nitrogen and oxygen atoms in total. The van der Waals surface area contributed by atoms with Gasteiger partial charge in [-0.25, -0.2) is 4.98 Å². The van der Waals surface area contributed by atoms with Crippen LogP contribution >= 0.6 is 11.3 Å². The van der Waals surface area contributed by atoms with Crippen LogP contribution in [0.3, 0.4) is 0 Å². The Balaban J connectivity index is 1.74. The highest BCUT2D eigenvalue weighted by Crippen LogP contribution is 2.25. The number of amides is 1. The molecule has 7 heteroatoms. The zero-order chi connectivity index (χ0) is 13.9. The molecule has 1 aliphatic heterocycles. The van der Waals surface area contributed by atoms with Crippen LogP contribution in [-0.2, 0) is 9.47 Å². The van der Waals surface area contributed by atoms with Crippen molar-refractivity contribution in [2.75, 3.05) is 24.3 Å². The zero-order valence-electron chi connectivity index (χ0n) is 10.5. The quantitative estimate of drug-likeness (QED) is 0.903. The fraction of sp³-hybridized carbons (Fsp3) is 0.231. The monoisotopic (exact) mass is 291 g/mol. The summed E-state index contributed by atoms with van der Waals surface area (Å²) >= 11 is 1.23. The van der Waals surface area contributed by atoms with E-state index in [1.54, 1.807) is 11.4 Å². The minimum atomic E-state index is -0.359. The van der Waals surface area contributed by atoms with Gasteiger partial charge >= 0.3 is 0 Å². The van der Waals surface area contributed by atoms with Gasteiger partial charge in [0.05, 0.1) is 13.2 Å². The molecule has 0 unspecified atom stereocenters. The van der Waals surface area contributed by atoms with E-state index < -0.39 is 0 Å². The predicted octanol–water partition coefficient (Wildman–Crippen LogP) is 2.02. The molecule has 3 rings (SSSR count). The molecule has 0 radical (unpaired) electrons. The van der Waals surface area contributed by atoms with Crippen molar-refractivity contribution < 1.29 is 14.3 Å². The van der Waals surface area contributed by atoms with E-state index in [1.165, 1.54) is 11.3 Å². The smallest absolute Gasteiger partial charge is 0.275 e. The molecule has 0 saturated carbocycles. The number of nitrogens with two attached hydrogens (primary N) is 1. The minimum absolute atomic E-state index is 0.289. The van der Waals surface area contributed by atoms with E-state index in [9.17, 15) is 4.79 Å². The van der Waals surface area contributed by atoms with Gasteiger partial charge < -0.3 is 20.5 Å². The van der Waals surface area contributed by atoms with Gasteiger partial charge in [0.25, 0.3) is 5.91 Å². The van der Waals surface area contributed by atoms with Crippen molar-refractivity contribution >= 4 is 28.1 Å². The summed E-state index contributed by atoms with van der Waals surface area (Å²) in [5.74, 6) is -0.289. The normalized spacial score (nSPS) is 15.4. The number of ether oxygens (including phenoxy) is 2. The van der Waals surface area contributed by atoms with Crippen molar-refractivity contribution in [2.45, 2.75) is 6.29 Å². The molecule has 0 aliphatic carbocycles. The topological polar surface area (TPSA) is 86.5 Å². The Morgan fingerprint density at radius 1 is 1.40 bits per heavy atom. The number of aromatic nitrogens is 1. The Morgan fingerprint density at radius 3 is 2.90 bits per heavy atom. The van der Waals surface area contributed by atoms with Gasteiger partial charge in [0.1, 0.15) is 5.69 Å². The predicted molar refractivity (Wildman–Crippen MR) is 75.6 cm³/mol. The number of hydrogen-bond donors (Lipinski definition) is 2. The molecule has 1 saturated heterocycles. The van der Waals surface area contributed by atoms with Crippen LogP contribution in [0, 0.1) is 0 Å². The third-order valence-electron chi connectivity index (χ3n) is 2.79. The van der Waals surface area contributed by atoms with Gasteiger partial charge in [-0.05, 0) is 12.1 Å². The fourth-order valence-corrected chi connectivity index (χ4v) is 2.44. The Labute approximate surface area is 119 Å². The number of nitrogen functional groups attached to an aromatic ring is 1. The summed E-state index contributed by atoms with van der Waals surface area (Å²) in [7, 11) is 0. The van der Waals surface area contributed by atoms with Crippen LogP contribution in [-0.4, -0.2) is 24.1 Å². The summed E-state index contributed by atoms with van der Waals surface area (Å²) in [6.45, 7) is 1.17. The van der Waals surface area contributed by atoms with Crippen molar-refractivity contribution in [1.29, 1.82) is 0 Å². The molecule has 1 fully saturated rings. The lowest BCUT2D eigenvalue weighted by Gasteiger charge is -2.11. The van der Waals surface area contributed by atoms with E-state index in [-0.39, 0.29) is 12.2 Å². The van der Waals surface area contributed by atoms with Gasteiger partial charge in [-0.3, -0.25) is 4.79 Å². The third kappa shape index (κ3) is 2.79. The van der Waals surface area contributed by atoms with Crippen molar-refractivity contribution in [3.8, 4) is 0 Å². The molecule has 0 bridgehead atoms. The molecule has 1 aliphatic rings. The van der Waals surface area contributed by atoms with Crippen LogP contribution in [0.15, 0.2) is 29.6 Å². The van der Waals surface area contributed by atoms with Crippen LogP contribution < -0.4 is 11.1 Å². The highest BCUT2D eigenvalue weighted by molar-refractivity contribution is 7.13. The standard InChI is InChI=1S/C13H13N3O3S/c14-13-16-10(7-20-13)11(17)15-9-3-1-2-8(6-9)12-18-4-5-19-12/h1-3,6-7,12H,4-5H2,(H2,14,16)(H,15,17). The highest BCUT2D eigenvalue weighted by atomic mass is 32.1. The summed E-state index contributed by atoms with van der Waals surface area (Å²) < 4.78 is 10.8. The molecular formula is C13H13N3O3S. The summed E-state index contributed by atoms with van der Waals surface area (Å²) in [5.41, 5.74) is 7.36. The molecule has 1 aromatic carbocycles. The van der Waals surface area contributed by atoms with Crippen LogP contribution in [0.2, 0.25) is 0 Å². The molecule has 3 N–H and O–H groups in total. The van der Waals surface area contributed by atoms with E-state index in [4.69, 9.17) is 15.2 Å². The molecule has 1 amide bonds. The summed E-state index contributed by atoms with van der Waals surface area (Å²) in [6.07, 6.45) is -0.359. The van der Waals surface area contributed by atoms with Crippen LogP contribution in [0.4, 0.5) is 10.8 Å². The van der Waals surface area contributed by atoms with Crippen molar-refractivity contribution in [1.82, 2.24) is 4.98 Å². The Hall–Kier alpha value is -1.96. The number of hydrogen-bond acceptors (Lipinski definition) is 6. The van der Waals surface area contributed by atoms with Crippen molar-refractivity contribution in [3.05, 3.63) is 40.9 Å². The Bertz CT molecular complexity index is 623. The van der Waals surface area contributed by atoms with Crippen LogP contribution in [0.1, 0.15) is 22.3 Å². The number of nitrogens with zero attached hydrogens (tertiary/aromatic N) is 1. The third-order valence-corrected chi connectivity index (χ3v) is 3.47. The SMILES string of the molecule is Nc1nc(C(=O)Nc2cccc(C3OCCO3)c2)cs1. The van der Waals surface area contributed by atoms with E-state index in [0.29, 0.717) is 29.7 Å². The first kappa shape index (κ1) is 13.0. The van der Waals surface area contributed by atoms with Gasteiger partial charge in [0.15, 0.2) is 11.4 Å². The van der Waals surface area contributed by atoms with E-state index in [0.717, 1.165) is 5.56 Å². The van der Waals surface area contributed by atoms with Crippen molar-refractivity contribution in [2.24, 2.45) is 0 Å².